The molecule has 1 aliphatic heterocycles. The lowest BCUT2D eigenvalue weighted by Gasteiger charge is -2.32. The molecule has 0 aliphatic carbocycles. The van der Waals surface area contributed by atoms with Crippen LogP contribution in [-0.2, 0) is 11.3 Å². The molecule has 2 heterocycles. The van der Waals surface area contributed by atoms with Crippen molar-refractivity contribution < 1.29 is 9.59 Å². The SMILES string of the molecule is CC(C)CC(=O)NC1CCN(c2ncc(-c3ccc(NC(=O)NCc4ccccc4)cc3N(C)NC(C)(C)C)s2)CC1. The number of rotatable bonds is 10. The van der Waals surface area contributed by atoms with Gasteiger partial charge in [-0.15, -0.1) is 0 Å². The molecule has 0 spiro atoms. The third-order valence-corrected chi connectivity index (χ3v) is 7.99. The Bertz CT molecular complexity index is 1330. The zero-order valence-electron chi connectivity index (χ0n) is 25.7. The van der Waals surface area contributed by atoms with Crippen LogP contribution in [0.1, 0.15) is 59.4 Å². The second-order valence-electron chi connectivity index (χ2n) is 12.4. The van der Waals surface area contributed by atoms with E-state index in [2.05, 4.69) is 60.9 Å². The van der Waals surface area contributed by atoms with E-state index < -0.39 is 0 Å². The molecular formula is C32H45N7O2S. The number of nitrogens with one attached hydrogen (secondary N) is 4. The van der Waals surface area contributed by atoms with E-state index in [1.54, 1.807) is 11.3 Å². The molecule has 1 aromatic heterocycles. The molecule has 3 aromatic rings. The van der Waals surface area contributed by atoms with E-state index in [1.165, 1.54) is 0 Å². The van der Waals surface area contributed by atoms with Crippen LogP contribution in [-0.4, -0.2) is 48.6 Å². The van der Waals surface area contributed by atoms with Crippen molar-refractivity contribution in [2.75, 3.05) is 35.4 Å². The zero-order chi connectivity index (χ0) is 30.3. The minimum absolute atomic E-state index is 0.145. The van der Waals surface area contributed by atoms with Crippen molar-refractivity contribution in [2.45, 2.75) is 72.0 Å². The first-order chi connectivity index (χ1) is 20.0. The summed E-state index contributed by atoms with van der Waals surface area (Å²) < 4.78 is 0. The standard InChI is InChI=1S/C32H45N7O2S/c1-22(2)18-29(40)35-24-14-16-39(17-15-24)31-34-21-28(42-31)26-13-12-25(19-27(26)38(6)37-32(3,4)5)36-30(41)33-20-23-10-8-7-9-11-23/h7-13,19,21-22,24,37H,14-18,20H2,1-6H3,(H,35,40)(H2,33,36,41). The van der Waals surface area contributed by atoms with Gasteiger partial charge in [0.25, 0.3) is 0 Å². The van der Waals surface area contributed by atoms with E-state index in [1.807, 2.05) is 66.8 Å². The number of urea groups is 1. The summed E-state index contributed by atoms with van der Waals surface area (Å²) in [5.41, 5.74) is 7.07. The van der Waals surface area contributed by atoms with Gasteiger partial charge in [-0.2, -0.15) is 0 Å². The lowest BCUT2D eigenvalue weighted by Crippen LogP contribution is -2.47. The largest absolute Gasteiger partial charge is 0.353 e. The number of aromatic nitrogens is 1. The second kappa shape index (κ2) is 14.0. The van der Waals surface area contributed by atoms with Gasteiger partial charge < -0.3 is 25.9 Å². The predicted molar refractivity (Wildman–Crippen MR) is 174 cm³/mol. The monoisotopic (exact) mass is 591 g/mol. The second-order valence-corrected chi connectivity index (χ2v) is 13.4. The van der Waals surface area contributed by atoms with Gasteiger partial charge in [-0.3, -0.25) is 4.79 Å². The van der Waals surface area contributed by atoms with Crippen LogP contribution in [0.15, 0.2) is 54.7 Å². The highest BCUT2D eigenvalue weighted by Gasteiger charge is 2.24. The molecule has 0 atom stereocenters. The average Bonchev–Trinajstić information content (AvgIpc) is 3.42. The number of carbonyl (C=O) groups excluding carboxylic acids is 2. The number of thiazole rings is 1. The Morgan fingerprint density at radius 1 is 1.10 bits per heavy atom. The maximum absolute atomic E-state index is 12.7. The van der Waals surface area contributed by atoms with Crippen LogP contribution in [0, 0.1) is 5.92 Å². The minimum Gasteiger partial charge on any atom is -0.353 e. The summed E-state index contributed by atoms with van der Waals surface area (Å²) in [4.78, 5) is 33.0. The number of hydrogen-bond donors (Lipinski definition) is 4. The summed E-state index contributed by atoms with van der Waals surface area (Å²) >= 11 is 1.66. The van der Waals surface area contributed by atoms with Crippen molar-refractivity contribution in [1.29, 1.82) is 0 Å². The number of hydrogen-bond acceptors (Lipinski definition) is 7. The van der Waals surface area contributed by atoms with Crippen molar-refractivity contribution in [3.05, 3.63) is 60.3 Å². The van der Waals surface area contributed by atoms with Gasteiger partial charge in [0.05, 0.1) is 10.6 Å². The smallest absolute Gasteiger partial charge is 0.319 e. The van der Waals surface area contributed by atoms with E-state index in [4.69, 9.17) is 4.98 Å². The van der Waals surface area contributed by atoms with Crippen LogP contribution < -0.4 is 31.3 Å². The molecular weight excluding hydrogens is 546 g/mol. The fraction of sp³-hybridized carbons (Fsp3) is 0.469. The number of nitrogens with zero attached hydrogens (tertiary/aromatic N) is 3. The van der Waals surface area contributed by atoms with Crippen molar-refractivity contribution in [3.8, 4) is 10.4 Å². The maximum atomic E-state index is 12.7. The lowest BCUT2D eigenvalue weighted by molar-refractivity contribution is -0.122. The highest BCUT2D eigenvalue weighted by Crippen LogP contribution is 2.38. The molecule has 1 fully saturated rings. The number of amides is 3. The molecule has 1 aliphatic rings. The van der Waals surface area contributed by atoms with Gasteiger partial charge in [0.15, 0.2) is 5.13 Å². The van der Waals surface area contributed by atoms with Crippen LogP contribution in [0.25, 0.3) is 10.4 Å². The average molecular weight is 592 g/mol. The first-order valence-electron chi connectivity index (χ1n) is 14.7. The van der Waals surface area contributed by atoms with Gasteiger partial charge in [0.1, 0.15) is 0 Å². The van der Waals surface area contributed by atoms with Crippen molar-refractivity contribution >= 4 is 39.8 Å². The summed E-state index contributed by atoms with van der Waals surface area (Å²) in [6, 6.07) is 15.8. The highest BCUT2D eigenvalue weighted by atomic mass is 32.1. The molecule has 0 radical (unpaired) electrons. The molecule has 1 saturated heterocycles. The minimum atomic E-state index is -0.257. The van der Waals surface area contributed by atoms with Crippen LogP contribution in [0.4, 0.5) is 21.3 Å². The molecule has 3 amide bonds. The third kappa shape index (κ3) is 9.19. The van der Waals surface area contributed by atoms with E-state index in [0.29, 0.717) is 24.6 Å². The van der Waals surface area contributed by atoms with Crippen LogP contribution >= 0.6 is 11.3 Å². The molecule has 0 bridgehead atoms. The maximum Gasteiger partial charge on any atom is 0.319 e. The Kier molecular flexibility index (Phi) is 10.5. The highest BCUT2D eigenvalue weighted by molar-refractivity contribution is 7.19. The third-order valence-electron chi connectivity index (χ3n) is 6.90. The van der Waals surface area contributed by atoms with Gasteiger partial charge in [-0.1, -0.05) is 55.5 Å². The number of benzene rings is 2. The van der Waals surface area contributed by atoms with Gasteiger partial charge in [0, 0.05) is 62.1 Å². The van der Waals surface area contributed by atoms with E-state index in [9.17, 15) is 9.59 Å². The first kappa shape index (κ1) is 31.3. The summed E-state index contributed by atoms with van der Waals surface area (Å²) in [7, 11) is 1.99. The Labute approximate surface area is 254 Å². The number of piperidine rings is 1. The van der Waals surface area contributed by atoms with Crippen LogP contribution in [0.5, 0.6) is 0 Å². The first-order valence-corrected chi connectivity index (χ1v) is 15.5. The molecule has 2 aromatic carbocycles. The molecule has 4 rings (SSSR count). The van der Waals surface area contributed by atoms with Crippen LogP contribution in [0.3, 0.4) is 0 Å². The molecule has 4 N–H and O–H groups in total. The molecule has 0 unspecified atom stereocenters. The zero-order valence-corrected chi connectivity index (χ0v) is 26.5. The number of anilines is 3. The van der Waals surface area contributed by atoms with Gasteiger partial charge >= 0.3 is 6.03 Å². The van der Waals surface area contributed by atoms with Crippen molar-refractivity contribution in [1.82, 2.24) is 21.0 Å². The summed E-state index contributed by atoms with van der Waals surface area (Å²) in [6.07, 6.45) is 4.33. The van der Waals surface area contributed by atoms with E-state index in [-0.39, 0.29) is 23.5 Å². The summed E-state index contributed by atoms with van der Waals surface area (Å²) in [5.74, 6) is 0.509. The van der Waals surface area contributed by atoms with E-state index >= 15 is 0 Å². The number of hydrazine groups is 1. The van der Waals surface area contributed by atoms with Gasteiger partial charge in [-0.05, 0) is 63.3 Å². The molecule has 10 heteroatoms. The normalized spacial score (nSPS) is 14.1. The van der Waals surface area contributed by atoms with Crippen LogP contribution in [0.2, 0.25) is 0 Å². The quantitative estimate of drug-likeness (QED) is 0.216. The fourth-order valence-corrected chi connectivity index (χ4v) is 6.02. The summed E-state index contributed by atoms with van der Waals surface area (Å²) in [5, 5.41) is 12.1. The number of carbonyl (C=O) groups is 2. The van der Waals surface area contributed by atoms with Crippen molar-refractivity contribution in [2.24, 2.45) is 5.92 Å². The Morgan fingerprint density at radius 3 is 2.48 bits per heavy atom. The van der Waals surface area contributed by atoms with Crippen molar-refractivity contribution in [3.63, 3.8) is 0 Å². The Hall–Kier alpha value is -3.63. The Morgan fingerprint density at radius 2 is 1.81 bits per heavy atom. The molecule has 0 saturated carbocycles. The fourth-order valence-electron chi connectivity index (χ4n) is 5.02. The van der Waals surface area contributed by atoms with Gasteiger partial charge in [0.2, 0.25) is 5.91 Å². The van der Waals surface area contributed by atoms with E-state index in [0.717, 1.165) is 52.8 Å². The summed E-state index contributed by atoms with van der Waals surface area (Å²) in [6.45, 7) is 12.6. The predicted octanol–water partition coefficient (Wildman–Crippen LogP) is 6.00. The molecule has 226 valence electrons. The molecule has 42 heavy (non-hydrogen) atoms. The van der Waals surface area contributed by atoms with Gasteiger partial charge in [-0.25, -0.2) is 15.2 Å². The topological polar surface area (TPSA) is 102 Å². The lowest BCUT2D eigenvalue weighted by atomic mass is 10.0. The molecule has 9 nitrogen and oxygen atoms in total. The Balaban J connectivity index is 1.46.